The molecule has 0 saturated heterocycles. The topological polar surface area (TPSA) is 78.0 Å². The van der Waals surface area contributed by atoms with Crippen LogP contribution in [0.5, 0.6) is 0 Å². The number of aliphatic hydroxyl groups is 1. The predicted octanol–water partition coefficient (Wildman–Crippen LogP) is 1.06. The molecule has 2 aromatic rings. The summed E-state index contributed by atoms with van der Waals surface area (Å²) in [4.78, 5) is 19.0. The molecule has 1 aliphatic rings. The van der Waals surface area contributed by atoms with Gasteiger partial charge in [0.15, 0.2) is 0 Å². The Morgan fingerprint density at radius 1 is 1.50 bits per heavy atom. The summed E-state index contributed by atoms with van der Waals surface area (Å²) in [5.41, 5.74) is 2.35. The summed E-state index contributed by atoms with van der Waals surface area (Å²) in [6.07, 6.45) is 3.02. The molecular weight excluding hydrogens is 230 g/mol. The summed E-state index contributed by atoms with van der Waals surface area (Å²) < 4.78 is 0. The van der Waals surface area contributed by atoms with Crippen molar-refractivity contribution in [1.29, 1.82) is 0 Å². The van der Waals surface area contributed by atoms with Crippen LogP contribution in [0.15, 0.2) is 24.5 Å². The van der Waals surface area contributed by atoms with Gasteiger partial charge >= 0.3 is 0 Å². The molecule has 0 aliphatic heterocycles. The number of nitrogens with zero attached hydrogens (tertiary/aromatic N) is 1. The lowest BCUT2D eigenvalue weighted by atomic mass is 9.82. The van der Waals surface area contributed by atoms with Crippen molar-refractivity contribution in [3.8, 4) is 0 Å². The number of nitrogens with one attached hydrogen (secondary N) is 2. The predicted molar refractivity (Wildman–Crippen MR) is 67.2 cm³/mol. The fraction of sp³-hybridized carbons (Fsp3) is 0.385. The van der Waals surface area contributed by atoms with Crippen molar-refractivity contribution in [2.24, 2.45) is 5.92 Å². The number of hydrogen-bond acceptors (Lipinski definition) is 3. The zero-order valence-corrected chi connectivity index (χ0v) is 9.89. The standard InChI is InChI=1S/C13H15N3O2/c17-10-3-8(4-10)6-14-13(18)9-1-2-11-12(5-9)16-7-15-11/h1-2,5,7-8,10,17H,3-4,6H2,(H,14,18)(H,15,16). The number of hydrogen-bond donors (Lipinski definition) is 3. The van der Waals surface area contributed by atoms with Crippen molar-refractivity contribution >= 4 is 16.9 Å². The van der Waals surface area contributed by atoms with Gasteiger partial charge in [0.1, 0.15) is 0 Å². The van der Waals surface area contributed by atoms with Crippen LogP contribution in [0.3, 0.4) is 0 Å². The van der Waals surface area contributed by atoms with Crippen molar-refractivity contribution in [2.45, 2.75) is 18.9 Å². The van der Waals surface area contributed by atoms with E-state index in [1.54, 1.807) is 18.5 Å². The van der Waals surface area contributed by atoms with E-state index in [1.165, 1.54) is 0 Å². The van der Waals surface area contributed by atoms with Crippen molar-refractivity contribution in [2.75, 3.05) is 6.54 Å². The summed E-state index contributed by atoms with van der Waals surface area (Å²) in [5.74, 6) is 0.340. The number of aliphatic hydroxyl groups excluding tert-OH is 1. The van der Waals surface area contributed by atoms with E-state index in [-0.39, 0.29) is 12.0 Å². The fourth-order valence-corrected chi connectivity index (χ4v) is 2.28. The number of imidazole rings is 1. The van der Waals surface area contributed by atoms with Gasteiger partial charge in [0.25, 0.3) is 5.91 Å². The van der Waals surface area contributed by atoms with Gasteiger partial charge in [-0.3, -0.25) is 4.79 Å². The number of carbonyl (C=O) groups is 1. The van der Waals surface area contributed by atoms with Crippen LogP contribution in [-0.4, -0.2) is 33.6 Å². The Labute approximate surface area is 104 Å². The summed E-state index contributed by atoms with van der Waals surface area (Å²) in [5, 5.41) is 12.1. The van der Waals surface area contributed by atoms with Gasteiger partial charge in [-0.1, -0.05) is 0 Å². The highest BCUT2D eigenvalue weighted by molar-refractivity contribution is 5.97. The molecule has 3 rings (SSSR count). The highest BCUT2D eigenvalue weighted by atomic mass is 16.3. The number of aromatic amines is 1. The lowest BCUT2D eigenvalue weighted by Crippen LogP contribution is -2.38. The molecular formula is C13H15N3O2. The minimum Gasteiger partial charge on any atom is -0.393 e. The molecule has 1 aromatic carbocycles. The average Bonchev–Trinajstić information content (AvgIpc) is 2.79. The maximum atomic E-state index is 11.9. The molecule has 1 aromatic heterocycles. The molecule has 1 fully saturated rings. The third-order valence-corrected chi connectivity index (χ3v) is 3.44. The lowest BCUT2D eigenvalue weighted by Gasteiger charge is -2.31. The quantitative estimate of drug-likeness (QED) is 0.756. The molecule has 1 saturated carbocycles. The molecule has 1 amide bonds. The van der Waals surface area contributed by atoms with E-state index in [2.05, 4.69) is 15.3 Å². The second-order valence-electron chi connectivity index (χ2n) is 4.84. The van der Waals surface area contributed by atoms with Gasteiger partial charge in [-0.05, 0) is 37.0 Å². The Kier molecular flexibility index (Phi) is 2.76. The maximum absolute atomic E-state index is 11.9. The van der Waals surface area contributed by atoms with Gasteiger partial charge < -0.3 is 15.4 Å². The number of fused-ring (bicyclic) bond motifs is 1. The third kappa shape index (κ3) is 2.09. The Morgan fingerprint density at radius 3 is 3.11 bits per heavy atom. The van der Waals surface area contributed by atoms with Gasteiger partial charge in [-0.15, -0.1) is 0 Å². The summed E-state index contributed by atoms with van der Waals surface area (Å²) in [6, 6.07) is 5.40. The summed E-state index contributed by atoms with van der Waals surface area (Å²) >= 11 is 0. The lowest BCUT2D eigenvalue weighted by molar-refractivity contribution is 0.0420. The minimum absolute atomic E-state index is 0.0760. The van der Waals surface area contributed by atoms with E-state index in [1.807, 2.05) is 6.07 Å². The zero-order chi connectivity index (χ0) is 12.5. The molecule has 3 N–H and O–H groups in total. The second-order valence-corrected chi connectivity index (χ2v) is 4.84. The van der Waals surface area contributed by atoms with Crippen LogP contribution >= 0.6 is 0 Å². The van der Waals surface area contributed by atoms with E-state index in [0.29, 0.717) is 18.0 Å². The Balaban J connectivity index is 1.64. The number of rotatable bonds is 3. The van der Waals surface area contributed by atoms with Crippen molar-refractivity contribution < 1.29 is 9.90 Å². The molecule has 5 heteroatoms. The molecule has 5 nitrogen and oxygen atoms in total. The fourth-order valence-electron chi connectivity index (χ4n) is 2.28. The third-order valence-electron chi connectivity index (χ3n) is 3.44. The van der Waals surface area contributed by atoms with E-state index in [4.69, 9.17) is 0 Å². The highest BCUT2D eigenvalue weighted by Crippen LogP contribution is 2.26. The van der Waals surface area contributed by atoms with Gasteiger partial charge in [-0.2, -0.15) is 0 Å². The van der Waals surface area contributed by atoms with Gasteiger partial charge in [0.2, 0.25) is 0 Å². The number of H-pyrrole nitrogens is 1. The molecule has 1 aliphatic carbocycles. The Morgan fingerprint density at radius 2 is 2.33 bits per heavy atom. The largest absolute Gasteiger partial charge is 0.393 e. The van der Waals surface area contributed by atoms with Crippen LogP contribution in [-0.2, 0) is 0 Å². The van der Waals surface area contributed by atoms with Crippen LogP contribution in [0, 0.1) is 5.92 Å². The minimum atomic E-state index is -0.173. The van der Waals surface area contributed by atoms with Crippen LogP contribution < -0.4 is 5.32 Å². The molecule has 0 unspecified atom stereocenters. The molecule has 94 valence electrons. The first-order chi connectivity index (χ1) is 8.72. The normalized spacial score (nSPS) is 22.7. The van der Waals surface area contributed by atoms with Crippen LogP contribution in [0.1, 0.15) is 23.2 Å². The monoisotopic (exact) mass is 245 g/mol. The molecule has 0 radical (unpaired) electrons. The summed E-state index contributed by atoms with van der Waals surface area (Å²) in [7, 11) is 0. The average molecular weight is 245 g/mol. The van der Waals surface area contributed by atoms with Crippen LogP contribution in [0.4, 0.5) is 0 Å². The molecule has 0 atom stereocenters. The first-order valence-corrected chi connectivity index (χ1v) is 6.12. The van der Waals surface area contributed by atoms with E-state index in [0.717, 1.165) is 23.9 Å². The highest BCUT2D eigenvalue weighted by Gasteiger charge is 2.27. The first-order valence-electron chi connectivity index (χ1n) is 6.12. The van der Waals surface area contributed by atoms with Crippen molar-refractivity contribution in [1.82, 2.24) is 15.3 Å². The number of aromatic nitrogens is 2. The smallest absolute Gasteiger partial charge is 0.251 e. The molecule has 1 heterocycles. The summed E-state index contributed by atoms with van der Waals surface area (Å²) in [6.45, 7) is 0.636. The van der Waals surface area contributed by atoms with Gasteiger partial charge in [0, 0.05) is 12.1 Å². The second kappa shape index (κ2) is 4.42. The van der Waals surface area contributed by atoms with Gasteiger partial charge in [-0.25, -0.2) is 4.98 Å². The Bertz CT molecular complexity index is 572. The van der Waals surface area contributed by atoms with Crippen molar-refractivity contribution in [3.05, 3.63) is 30.1 Å². The molecule has 18 heavy (non-hydrogen) atoms. The van der Waals surface area contributed by atoms with E-state index >= 15 is 0 Å². The number of benzene rings is 1. The van der Waals surface area contributed by atoms with Gasteiger partial charge in [0.05, 0.1) is 23.5 Å². The number of amides is 1. The SMILES string of the molecule is O=C(NCC1CC(O)C1)c1ccc2nc[nH]c2c1. The zero-order valence-electron chi connectivity index (χ0n) is 9.89. The maximum Gasteiger partial charge on any atom is 0.251 e. The number of carbonyl (C=O) groups excluding carboxylic acids is 1. The molecule has 0 spiro atoms. The van der Waals surface area contributed by atoms with Crippen LogP contribution in [0.25, 0.3) is 11.0 Å². The Hall–Kier alpha value is -1.88. The molecule has 0 bridgehead atoms. The first kappa shape index (κ1) is 11.2. The van der Waals surface area contributed by atoms with Crippen LogP contribution in [0.2, 0.25) is 0 Å². The van der Waals surface area contributed by atoms with E-state index in [9.17, 15) is 9.90 Å². The van der Waals surface area contributed by atoms with E-state index < -0.39 is 0 Å². The van der Waals surface area contributed by atoms with Crippen molar-refractivity contribution in [3.63, 3.8) is 0 Å².